The van der Waals surface area contributed by atoms with Gasteiger partial charge in [-0.25, -0.2) is 0 Å². The van der Waals surface area contributed by atoms with Gasteiger partial charge >= 0.3 is 5.97 Å². The summed E-state index contributed by atoms with van der Waals surface area (Å²) in [5.41, 5.74) is 0. The highest BCUT2D eigenvalue weighted by Crippen LogP contribution is 2.21. The zero-order chi connectivity index (χ0) is 10.6. The van der Waals surface area contributed by atoms with Gasteiger partial charge in [0.15, 0.2) is 0 Å². The Kier molecular flexibility index (Phi) is 3.71. The predicted molar refractivity (Wildman–Crippen MR) is 52.4 cm³/mol. The molecule has 1 atom stereocenters. The number of carboxylic acid groups (broad SMARTS) is 1. The van der Waals surface area contributed by atoms with Crippen LogP contribution in [0.1, 0.15) is 23.9 Å². The SMILES string of the molecule is CNCC(CC(=O)O)c1ccc(C)o1. The molecule has 0 bridgehead atoms. The molecule has 14 heavy (non-hydrogen) atoms. The van der Waals surface area contributed by atoms with E-state index in [0.717, 1.165) is 11.5 Å². The fraction of sp³-hybridized carbons (Fsp3) is 0.500. The molecule has 0 fully saturated rings. The molecule has 1 aromatic heterocycles. The van der Waals surface area contributed by atoms with Crippen LogP contribution in [0.4, 0.5) is 0 Å². The van der Waals surface area contributed by atoms with Gasteiger partial charge in [0.1, 0.15) is 11.5 Å². The van der Waals surface area contributed by atoms with Crippen LogP contribution in [0, 0.1) is 6.92 Å². The van der Waals surface area contributed by atoms with Gasteiger partial charge < -0.3 is 14.8 Å². The van der Waals surface area contributed by atoms with E-state index in [1.807, 2.05) is 19.1 Å². The molecule has 1 heterocycles. The Balaban J connectivity index is 2.71. The van der Waals surface area contributed by atoms with Gasteiger partial charge in [-0.1, -0.05) is 0 Å². The summed E-state index contributed by atoms with van der Waals surface area (Å²) in [5, 5.41) is 11.7. The molecule has 0 saturated heterocycles. The number of likely N-dealkylation sites (N-methyl/N-ethyl adjacent to an activating group) is 1. The number of carbonyl (C=O) groups is 1. The molecule has 4 heteroatoms. The summed E-state index contributed by atoms with van der Waals surface area (Å²) in [5.74, 6) is 0.649. The number of hydrogen-bond acceptors (Lipinski definition) is 3. The minimum atomic E-state index is -0.806. The normalized spacial score (nSPS) is 12.7. The molecule has 0 saturated carbocycles. The van der Waals surface area contributed by atoms with Crippen LogP contribution in [0.15, 0.2) is 16.5 Å². The molecule has 1 aromatic rings. The number of rotatable bonds is 5. The molecular weight excluding hydrogens is 182 g/mol. The number of aryl methyl sites for hydroxylation is 1. The summed E-state index contributed by atoms with van der Waals surface area (Å²) in [6.07, 6.45) is 0.0911. The lowest BCUT2D eigenvalue weighted by molar-refractivity contribution is -0.137. The third kappa shape index (κ3) is 2.88. The maximum Gasteiger partial charge on any atom is 0.304 e. The minimum Gasteiger partial charge on any atom is -0.481 e. The summed E-state index contributed by atoms with van der Waals surface area (Å²) in [4.78, 5) is 10.6. The van der Waals surface area contributed by atoms with Crippen LogP contribution in [0.25, 0.3) is 0 Å². The Labute approximate surface area is 82.9 Å². The zero-order valence-corrected chi connectivity index (χ0v) is 8.41. The van der Waals surface area contributed by atoms with Crippen molar-refractivity contribution >= 4 is 5.97 Å². The van der Waals surface area contributed by atoms with Crippen LogP contribution >= 0.6 is 0 Å². The van der Waals surface area contributed by atoms with Gasteiger partial charge in [-0.15, -0.1) is 0 Å². The maximum atomic E-state index is 10.6. The van der Waals surface area contributed by atoms with E-state index in [2.05, 4.69) is 5.32 Å². The lowest BCUT2D eigenvalue weighted by Crippen LogP contribution is -2.19. The first-order chi connectivity index (χ1) is 6.63. The van der Waals surface area contributed by atoms with E-state index in [1.54, 1.807) is 7.05 Å². The van der Waals surface area contributed by atoms with Crippen molar-refractivity contribution in [3.8, 4) is 0 Å². The van der Waals surface area contributed by atoms with E-state index in [1.165, 1.54) is 0 Å². The first-order valence-electron chi connectivity index (χ1n) is 4.56. The second-order valence-electron chi connectivity index (χ2n) is 3.30. The summed E-state index contributed by atoms with van der Waals surface area (Å²) in [7, 11) is 1.80. The van der Waals surface area contributed by atoms with Crippen LogP contribution in [0.5, 0.6) is 0 Å². The lowest BCUT2D eigenvalue weighted by atomic mass is 10.0. The van der Waals surface area contributed by atoms with Crippen molar-refractivity contribution in [1.82, 2.24) is 5.32 Å². The van der Waals surface area contributed by atoms with Crippen molar-refractivity contribution < 1.29 is 14.3 Å². The molecule has 1 rings (SSSR count). The van der Waals surface area contributed by atoms with Gasteiger partial charge in [0, 0.05) is 12.5 Å². The number of carboxylic acids is 1. The van der Waals surface area contributed by atoms with Crippen molar-refractivity contribution in [3.63, 3.8) is 0 Å². The van der Waals surface area contributed by atoms with Gasteiger partial charge in [0.05, 0.1) is 6.42 Å². The first-order valence-corrected chi connectivity index (χ1v) is 4.56. The van der Waals surface area contributed by atoms with Crippen molar-refractivity contribution in [1.29, 1.82) is 0 Å². The molecule has 0 aliphatic carbocycles. The fourth-order valence-electron chi connectivity index (χ4n) is 1.40. The topological polar surface area (TPSA) is 62.5 Å². The van der Waals surface area contributed by atoms with Gasteiger partial charge in [-0.3, -0.25) is 4.79 Å². The van der Waals surface area contributed by atoms with Crippen LogP contribution in [-0.4, -0.2) is 24.7 Å². The molecule has 1 unspecified atom stereocenters. The number of furan rings is 1. The molecule has 0 aliphatic rings. The van der Waals surface area contributed by atoms with Gasteiger partial charge in [0.2, 0.25) is 0 Å². The molecule has 4 nitrogen and oxygen atoms in total. The largest absolute Gasteiger partial charge is 0.481 e. The quantitative estimate of drug-likeness (QED) is 0.748. The Bertz CT molecular complexity index is 306. The van der Waals surface area contributed by atoms with E-state index < -0.39 is 5.97 Å². The number of aliphatic carboxylic acids is 1. The minimum absolute atomic E-state index is 0.0911. The average Bonchev–Trinajstić information content (AvgIpc) is 2.50. The lowest BCUT2D eigenvalue weighted by Gasteiger charge is -2.10. The summed E-state index contributed by atoms with van der Waals surface area (Å²) in [6, 6.07) is 3.68. The highest BCUT2D eigenvalue weighted by Gasteiger charge is 2.17. The molecule has 0 amide bonds. The highest BCUT2D eigenvalue weighted by molar-refractivity contribution is 5.67. The van der Waals surface area contributed by atoms with Crippen molar-refractivity contribution in [2.45, 2.75) is 19.3 Å². The summed E-state index contributed by atoms with van der Waals surface area (Å²) >= 11 is 0. The highest BCUT2D eigenvalue weighted by atomic mass is 16.4. The molecule has 78 valence electrons. The predicted octanol–water partition coefficient (Wildman–Crippen LogP) is 1.37. The van der Waals surface area contributed by atoms with E-state index >= 15 is 0 Å². The van der Waals surface area contributed by atoms with Gasteiger partial charge in [0.25, 0.3) is 0 Å². The van der Waals surface area contributed by atoms with Crippen LogP contribution in [-0.2, 0) is 4.79 Å². The van der Waals surface area contributed by atoms with Crippen molar-refractivity contribution in [2.75, 3.05) is 13.6 Å². The average molecular weight is 197 g/mol. The Hall–Kier alpha value is -1.29. The molecular formula is C10H15NO3. The van der Waals surface area contributed by atoms with E-state index in [9.17, 15) is 4.79 Å². The summed E-state index contributed by atoms with van der Waals surface area (Å²) in [6.45, 7) is 2.46. The first kappa shape index (κ1) is 10.8. The van der Waals surface area contributed by atoms with Crippen LogP contribution in [0.3, 0.4) is 0 Å². The number of nitrogens with one attached hydrogen (secondary N) is 1. The Morgan fingerprint density at radius 1 is 1.64 bits per heavy atom. The molecule has 0 radical (unpaired) electrons. The Morgan fingerprint density at radius 2 is 2.36 bits per heavy atom. The van der Waals surface area contributed by atoms with Gasteiger partial charge in [-0.05, 0) is 26.1 Å². The third-order valence-electron chi connectivity index (χ3n) is 2.04. The van der Waals surface area contributed by atoms with E-state index in [0.29, 0.717) is 6.54 Å². The Morgan fingerprint density at radius 3 is 2.79 bits per heavy atom. The third-order valence-corrected chi connectivity index (χ3v) is 2.04. The zero-order valence-electron chi connectivity index (χ0n) is 8.41. The van der Waals surface area contributed by atoms with Crippen molar-refractivity contribution in [2.24, 2.45) is 0 Å². The standard InChI is InChI=1S/C10H15NO3/c1-7-3-4-9(14-7)8(6-11-2)5-10(12)13/h3-4,8,11H,5-6H2,1-2H3,(H,12,13). The second kappa shape index (κ2) is 4.81. The van der Waals surface area contributed by atoms with Gasteiger partial charge in [-0.2, -0.15) is 0 Å². The van der Waals surface area contributed by atoms with Crippen LogP contribution in [0.2, 0.25) is 0 Å². The van der Waals surface area contributed by atoms with E-state index in [-0.39, 0.29) is 12.3 Å². The van der Waals surface area contributed by atoms with Crippen molar-refractivity contribution in [3.05, 3.63) is 23.7 Å². The monoisotopic (exact) mass is 197 g/mol. The van der Waals surface area contributed by atoms with E-state index in [4.69, 9.17) is 9.52 Å². The molecule has 0 spiro atoms. The smallest absolute Gasteiger partial charge is 0.304 e. The molecule has 0 aromatic carbocycles. The molecule has 0 aliphatic heterocycles. The maximum absolute atomic E-state index is 10.6. The fourth-order valence-corrected chi connectivity index (χ4v) is 1.40. The number of hydrogen-bond donors (Lipinski definition) is 2. The van der Waals surface area contributed by atoms with Crippen LogP contribution < -0.4 is 5.32 Å². The molecule has 2 N–H and O–H groups in total. The second-order valence-corrected chi connectivity index (χ2v) is 3.30. The summed E-state index contributed by atoms with van der Waals surface area (Å²) < 4.78 is 5.40.